The first-order chi connectivity index (χ1) is 13.2. The fourth-order valence-corrected chi connectivity index (χ4v) is 3.23. The molecule has 1 aromatic rings. The van der Waals surface area contributed by atoms with Gasteiger partial charge in [-0.2, -0.15) is 4.31 Å². The summed E-state index contributed by atoms with van der Waals surface area (Å²) < 4.78 is 43.4. The Hall–Kier alpha value is -1.97. The normalized spacial score (nSPS) is 13.1. The Morgan fingerprint density at radius 1 is 1.32 bits per heavy atom. The number of carboxylic acids is 1. The molecule has 0 bridgehead atoms. The lowest BCUT2D eigenvalue weighted by Gasteiger charge is -2.19. The predicted molar refractivity (Wildman–Crippen MR) is 104 cm³/mol. The van der Waals surface area contributed by atoms with Gasteiger partial charge in [0.25, 0.3) is 0 Å². The SMILES string of the molecule is CS(=O)(=O)N(C/C=C\CCCC(=O)O)CCCC(O)COc1cccc(F)c1. The minimum Gasteiger partial charge on any atom is -0.491 e. The molecular weight excluding hydrogens is 389 g/mol. The number of aliphatic hydroxyl groups excluding tert-OH is 1. The number of nitrogens with zero attached hydrogens (tertiary/aromatic N) is 1. The van der Waals surface area contributed by atoms with E-state index in [1.165, 1.54) is 22.5 Å². The van der Waals surface area contributed by atoms with E-state index in [2.05, 4.69) is 0 Å². The highest BCUT2D eigenvalue weighted by molar-refractivity contribution is 7.88. The van der Waals surface area contributed by atoms with Gasteiger partial charge in [0.2, 0.25) is 10.0 Å². The van der Waals surface area contributed by atoms with Crippen molar-refractivity contribution < 1.29 is 32.6 Å². The second kappa shape index (κ2) is 12.5. The van der Waals surface area contributed by atoms with Gasteiger partial charge in [-0.25, -0.2) is 12.8 Å². The molecule has 2 N–H and O–H groups in total. The van der Waals surface area contributed by atoms with Crippen LogP contribution < -0.4 is 4.74 Å². The molecule has 28 heavy (non-hydrogen) atoms. The van der Waals surface area contributed by atoms with E-state index in [0.717, 1.165) is 6.26 Å². The van der Waals surface area contributed by atoms with Crippen molar-refractivity contribution >= 4 is 16.0 Å². The maximum Gasteiger partial charge on any atom is 0.303 e. The Morgan fingerprint density at radius 3 is 2.71 bits per heavy atom. The number of sulfonamides is 1. The van der Waals surface area contributed by atoms with Crippen LogP contribution in [0.15, 0.2) is 36.4 Å². The fourth-order valence-electron chi connectivity index (χ4n) is 2.41. The first kappa shape index (κ1) is 24.1. The highest BCUT2D eigenvalue weighted by atomic mass is 32.2. The molecule has 0 saturated heterocycles. The molecule has 0 aromatic heterocycles. The van der Waals surface area contributed by atoms with Crippen molar-refractivity contribution in [1.29, 1.82) is 0 Å². The molecule has 158 valence electrons. The molecule has 0 radical (unpaired) electrons. The molecule has 0 spiro atoms. The second-order valence-corrected chi connectivity index (χ2v) is 8.43. The van der Waals surface area contributed by atoms with Gasteiger partial charge in [0.15, 0.2) is 0 Å². The van der Waals surface area contributed by atoms with Crippen LogP contribution in [0, 0.1) is 5.82 Å². The molecule has 1 rings (SSSR count). The Balaban J connectivity index is 2.34. The largest absolute Gasteiger partial charge is 0.491 e. The minimum absolute atomic E-state index is 0.00813. The smallest absolute Gasteiger partial charge is 0.303 e. The van der Waals surface area contributed by atoms with Gasteiger partial charge in [-0.05, 0) is 37.8 Å². The molecule has 0 heterocycles. The Labute approximate surface area is 165 Å². The first-order valence-corrected chi connectivity index (χ1v) is 10.9. The van der Waals surface area contributed by atoms with Crippen molar-refractivity contribution in [1.82, 2.24) is 4.31 Å². The van der Waals surface area contributed by atoms with Crippen molar-refractivity contribution in [2.24, 2.45) is 0 Å². The van der Waals surface area contributed by atoms with Gasteiger partial charge in [-0.15, -0.1) is 0 Å². The van der Waals surface area contributed by atoms with Crippen LogP contribution >= 0.6 is 0 Å². The van der Waals surface area contributed by atoms with Crippen LogP contribution in [0.5, 0.6) is 5.75 Å². The molecule has 7 nitrogen and oxygen atoms in total. The van der Waals surface area contributed by atoms with Crippen molar-refractivity contribution in [2.75, 3.05) is 26.0 Å². The third-order valence-corrected chi connectivity index (χ3v) is 5.16. The van der Waals surface area contributed by atoms with Crippen LogP contribution in [0.2, 0.25) is 0 Å². The minimum atomic E-state index is -3.40. The van der Waals surface area contributed by atoms with E-state index < -0.39 is 27.9 Å². The average molecular weight is 417 g/mol. The second-order valence-electron chi connectivity index (χ2n) is 6.44. The van der Waals surface area contributed by atoms with E-state index >= 15 is 0 Å². The van der Waals surface area contributed by atoms with Gasteiger partial charge in [0.05, 0.1) is 12.4 Å². The zero-order chi connectivity index (χ0) is 21.0. The van der Waals surface area contributed by atoms with Gasteiger partial charge >= 0.3 is 5.97 Å². The number of rotatable bonds is 14. The lowest BCUT2D eigenvalue weighted by Crippen LogP contribution is -2.32. The van der Waals surface area contributed by atoms with E-state index in [0.29, 0.717) is 31.4 Å². The third-order valence-electron chi connectivity index (χ3n) is 3.89. The molecular formula is C19H28FNO6S. The van der Waals surface area contributed by atoms with Crippen LogP contribution in [-0.2, 0) is 14.8 Å². The number of aliphatic hydroxyl groups is 1. The van der Waals surface area contributed by atoms with Gasteiger partial charge in [-0.3, -0.25) is 4.79 Å². The average Bonchev–Trinajstić information content (AvgIpc) is 2.60. The number of allylic oxidation sites excluding steroid dienone is 1. The van der Waals surface area contributed by atoms with E-state index in [-0.39, 0.29) is 26.1 Å². The summed E-state index contributed by atoms with van der Waals surface area (Å²) in [6, 6.07) is 5.62. The Bertz CT molecular complexity index is 738. The number of hydrogen-bond acceptors (Lipinski definition) is 5. The maximum absolute atomic E-state index is 13.1. The molecule has 0 saturated carbocycles. The van der Waals surface area contributed by atoms with E-state index in [9.17, 15) is 22.7 Å². The van der Waals surface area contributed by atoms with Crippen LogP contribution in [0.3, 0.4) is 0 Å². The molecule has 1 unspecified atom stereocenters. The zero-order valence-electron chi connectivity index (χ0n) is 16.0. The number of hydrogen-bond donors (Lipinski definition) is 2. The quantitative estimate of drug-likeness (QED) is 0.356. The van der Waals surface area contributed by atoms with Crippen LogP contribution in [-0.4, -0.2) is 61.0 Å². The Kier molecular flexibility index (Phi) is 10.7. The number of unbranched alkanes of at least 4 members (excludes halogenated alkanes) is 1. The number of carbonyl (C=O) groups is 1. The van der Waals surface area contributed by atoms with Crippen molar-refractivity contribution in [2.45, 2.75) is 38.2 Å². The molecule has 9 heteroatoms. The van der Waals surface area contributed by atoms with E-state index in [1.807, 2.05) is 0 Å². The van der Waals surface area contributed by atoms with Crippen molar-refractivity contribution in [3.05, 3.63) is 42.2 Å². The van der Waals surface area contributed by atoms with Crippen LogP contribution in [0.1, 0.15) is 32.1 Å². The lowest BCUT2D eigenvalue weighted by atomic mass is 10.2. The third kappa shape index (κ3) is 11.0. The fraction of sp³-hybridized carbons (Fsp3) is 0.526. The standard InChI is InChI=1S/C19H28FNO6S/c1-28(25,26)21(12-5-3-2-4-11-19(23)24)13-7-9-17(22)15-27-18-10-6-8-16(20)14-18/h3,5-6,8,10,14,17,22H,2,4,7,9,11-13,15H2,1H3,(H,23,24)/b5-3-. The van der Waals surface area contributed by atoms with Crippen molar-refractivity contribution in [3.8, 4) is 5.75 Å². The number of ether oxygens (including phenoxy) is 1. The topological polar surface area (TPSA) is 104 Å². The lowest BCUT2D eigenvalue weighted by molar-refractivity contribution is -0.137. The van der Waals surface area contributed by atoms with E-state index in [4.69, 9.17) is 9.84 Å². The summed E-state index contributed by atoms with van der Waals surface area (Å²) in [5, 5.41) is 18.5. The van der Waals surface area contributed by atoms with Crippen LogP contribution in [0.4, 0.5) is 4.39 Å². The summed E-state index contributed by atoms with van der Waals surface area (Å²) in [6.45, 7) is 0.433. The molecule has 1 atom stereocenters. The molecule has 0 aliphatic heterocycles. The predicted octanol–water partition coefficient (Wildman–Crippen LogP) is 2.42. The monoisotopic (exact) mass is 417 g/mol. The number of carboxylic acid groups (broad SMARTS) is 1. The van der Waals surface area contributed by atoms with Gasteiger partial charge in [0, 0.05) is 25.6 Å². The van der Waals surface area contributed by atoms with E-state index in [1.54, 1.807) is 18.2 Å². The highest BCUT2D eigenvalue weighted by Gasteiger charge is 2.15. The summed E-state index contributed by atoms with van der Waals surface area (Å²) in [5.74, 6) is -0.956. The number of halogens is 1. The Morgan fingerprint density at radius 2 is 2.07 bits per heavy atom. The van der Waals surface area contributed by atoms with Crippen LogP contribution in [0.25, 0.3) is 0 Å². The van der Waals surface area contributed by atoms with Gasteiger partial charge in [-0.1, -0.05) is 18.2 Å². The molecule has 0 amide bonds. The number of aliphatic carboxylic acids is 1. The highest BCUT2D eigenvalue weighted by Crippen LogP contribution is 2.13. The van der Waals surface area contributed by atoms with Crippen molar-refractivity contribution in [3.63, 3.8) is 0 Å². The summed E-state index contributed by atoms with van der Waals surface area (Å²) in [4.78, 5) is 10.4. The first-order valence-electron chi connectivity index (χ1n) is 9.07. The molecule has 0 aliphatic carbocycles. The number of benzene rings is 1. The maximum atomic E-state index is 13.1. The van der Waals surface area contributed by atoms with Gasteiger partial charge in [0.1, 0.15) is 18.2 Å². The summed E-state index contributed by atoms with van der Waals surface area (Å²) >= 11 is 0. The summed E-state index contributed by atoms with van der Waals surface area (Å²) in [5.41, 5.74) is 0. The summed E-state index contributed by atoms with van der Waals surface area (Å²) in [7, 11) is -3.40. The molecule has 1 aromatic carbocycles. The zero-order valence-corrected chi connectivity index (χ0v) is 16.8. The molecule has 0 aliphatic rings. The van der Waals surface area contributed by atoms with Gasteiger partial charge < -0.3 is 14.9 Å². The summed E-state index contributed by atoms with van der Waals surface area (Å²) in [6.07, 6.45) is 5.72. The molecule has 0 fully saturated rings.